The summed E-state index contributed by atoms with van der Waals surface area (Å²) in [6.07, 6.45) is 1.66. The Kier molecular flexibility index (Phi) is 4.34. The standard InChI is InChI=1S/C17H20O4/c1-4-21-14-9-5-7-12(11(14)2)17(19)16-13(18)8-6-10-15(16)20-3/h5,7,9H,4,6,8,10H2,1-3H3/i9T. The summed E-state index contributed by atoms with van der Waals surface area (Å²) < 4.78 is 18.6. The molecule has 1 aromatic rings. The largest absolute Gasteiger partial charge is 0.500 e. The van der Waals surface area contributed by atoms with Crippen LogP contribution in [0.2, 0.25) is 0 Å². The normalized spacial score (nSPS) is 15.8. The van der Waals surface area contributed by atoms with E-state index >= 15 is 0 Å². The average molecular weight is 290 g/mol. The molecule has 4 nitrogen and oxygen atoms in total. The number of methoxy groups -OCH3 is 1. The number of carbonyl (C=O) groups excluding carboxylic acids is 2. The number of ether oxygens (including phenoxy) is 2. The van der Waals surface area contributed by atoms with E-state index in [4.69, 9.17) is 10.8 Å². The van der Waals surface area contributed by atoms with Crippen molar-refractivity contribution in [1.29, 1.82) is 0 Å². The first kappa shape index (κ1) is 13.9. The highest BCUT2D eigenvalue weighted by molar-refractivity contribution is 6.27. The number of ketones is 2. The third kappa shape index (κ3) is 2.99. The van der Waals surface area contributed by atoms with Crippen molar-refractivity contribution in [2.75, 3.05) is 13.7 Å². The fraction of sp³-hybridized carbons (Fsp3) is 0.412. The highest BCUT2D eigenvalue weighted by Gasteiger charge is 2.29. The van der Waals surface area contributed by atoms with Crippen LogP contribution in [0.15, 0.2) is 29.5 Å². The predicted octanol–water partition coefficient (Wildman–Crippen LogP) is 3.23. The lowest BCUT2D eigenvalue weighted by Gasteiger charge is -2.18. The molecule has 0 amide bonds. The second kappa shape index (κ2) is 6.57. The molecule has 2 rings (SSSR count). The van der Waals surface area contributed by atoms with Crippen LogP contribution in [-0.2, 0) is 9.53 Å². The minimum Gasteiger partial charge on any atom is -0.500 e. The molecule has 21 heavy (non-hydrogen) atoms. The Morgan fingerprint density at radius 1 is 1.43 bits per heavy atom. The van der Waals surface area contributed by atoms with Gasteiger partial charge in [-0.1, -0.05) is 12.1 Å². The first-order valence-electron chi connectivity index (χ1n) is 7.59. The van der Waals surface area contributed by atoms with Gasteiger partial charge in [0, 0.05) is 24.0 Å². The Labute approximate surface area is 126 Å². The van der Waals surface area contributed by atoms with Crippen molar-refractivity contribution < 1.29 is 20.4 Å². The highest BCUT2D eigenvalue weighted by atomic mass is 16.5. The summed E-state index contributed by atoms with van der Waals surface area (Å²) in [4.78, 5) is 24.9. The van der Waals surface area contributed by atoms with E-state index in [1.165, 1.54) is 13.2 Å². The van der Waals surface area contributed by atoms with Crippen molar-refractivity contribution in [3.8, 4) is 5.75 Å². The number of carbonyl (C=O) groups is 2. The fourth-order valence-corrected chi connectivity index (χ4v) is 2.50. The van der Waals surface area contributed by atoms with Gasteiger partial charge in [-0.15, -0.1) is 0 Å². The van der Waals surface area contributed by atoms with Crippen molar-refractivity contribution >= 4 is 11.6 Å². The Balaban J connectivity index is 2.52. The molecule has 0 heterocycles. The van der Waals surface area contributed by atoms with Crippen LogP contribution < -0.4 is 4.74 Å². The average Bonchev–Trinajstić information content (AvgIpc) is 2.50. The lowest BCUT2D eigenvalue weighted by atomic mass is 9.89. The molecule has 0 unspecified atom stereocenters. The van der Waals surface area contributed by atoms with Gasteiger partial charge in [-0.3, -0.25) is 9.59 Å². The van der Waals surface area contributed by atoms with E-state index in [9.17, 15) is 9.59 Å². The SMILES string of the molecule is [3H]c1ccc(C(=O)C2=C(OC)CCCC2=O)c(C)c1OCC. The quantitative estimate of drug-likeness (QED) is 0.617. The van der Waals surface area contributed by atoms with Crippen LogP contribution in [-0.4, -0.2) is 25.3 Å². The second-order valence-corrected chi connectivity index (χ2v) is 4.89. The Morgan fingerprint density at radius 3 is 2.86 bits per heavy atom. The van der Waals surface area contributed by atoms with E-state index in [1.807, 2.05) is 6.92 Å². The van der Waals surface area contributed by atoms with E-state index in [-0.39, 0.29) is 23.2 Å². The van der Waals surface area contributed by atoms with Gasteiger partial charge in [0.1, 0.15) is 17.1 Å². The van der Waals surface area contributed by atoms with Gasteiger partial charge in [0.15, 0.2) is 11.6 Å². The molecular formula is C17H20O4. The van der Waals surface area contributed by atoms with Crippen LogP contribution in [0.25, 0.3) is 0 Å². The van der Waals surface area contributed by atoms with Crippen LogP contribution in [0.5, 0.6) is 5.75 Å². The summed E-state index contributed by atoms with van der Waals surface area (Å²) in [5.41, 5.74) is 1.11. The zero-order chi connectivity index (χ0) is 16.3. The first-order chi connectivity index (χ1) is 10.5. The molecule has 0 spiro atoms. The zero-order valence-corrected chi connectivity index (χ0v) is 12.6. The molecule has 0 fully saturated rings. The Hall–Kier alpha value is -2.10. The number of hydrogen-bond acceptors (Lipinski definition) is 4. The molecule has 1 aliphatic carbocycles. The van der Waals surface area contributed by atoms with Gasteiger partial charge in [-0.25, -0.2) is 0 Å². The molecule has 1 aliphatic rings. The minimum atomic E-state index is -0.347. The lowest BCUT2D eigenvalue weighted by molar-refractivity contribution is -0.116. The lowest BCUT2D eigenvalue weighted by Crippen LogP contribution is -2.21. The van der Waals surface area contributed by atoms with Crippen LogP contribution in [0.4, 0.5) is 0 Å². The third-order valence-electron chi connectivity index (χ3n) is 3.58. The second-order valence-electron chi connectivity index (χ2n) is 4.89. The summed E-state index contributed by atoms with van der Waals surface area (Å²) in [5.74, 6) is 0.310. The minimum absolute atomic E-state index is 0.136. The molecular weight excluding hydrogens is 268 g/mol. The molecule has 0 aromatic heterocycles. The van der Waals surface area contributed by atoms with Crippen LogP contribution in [0.1, 0.15) is 43.5 Å². The third-order valence-corrected chi connectivity index (χ3v) is 3.58. The highest BCUT2D eigenvalue weighted by Crippen LogP contribution is 2.29. The molecule has 0 radical (unpaired) electrons. The Bertz CT molecular complexity index is 646. The molecule has 0 bridgehead atoms. The monoisotopic (exact) mass is 290 g/mol. The molecule has 0 N–H and O–H groups in total. The fourth-order valence-electron chi connectivity index (χ4n) is 2.50. The smallest absolute Gasteiger partial charge is 0.200 e. The topological polar surface area (TPSA) is 52.6 Å². The van der Waals surface area contributed by atoms with Crippen molar-refractivity contribution in [3.05, 3.63) is 40.6 Å². The molecule has 0 aliphatic heterocycles. The van der Waals surface area contributed by atoms with E-state index in [0.717, 1.165) is 0 Å². The van der Waals surface area contributed by atoms with Crippen molar-refractivity contribution in [2.24, 2.45) is 0 Å². The van der Waals surface area contributed by atoms with Crippen molar-refractivity contribution in [1.82, 2.24) is 0 Å². The van der Waals surface area contributed by atoms with Crippen molar-refractivity contribution in [2.45, 2.75) is 33.1 Å². The Morgan fingerprint density at radius 2 is 2.19 bits per heavy atom. The molecule has 1 aromatic carbocycles. The molecule has 0 atom stereocenters. The number of allylic oxidation sites excluding steroid dienone is 2. The number of benzene rings is 1. The maximum absolute atomic E-state index is 12.8. The van der Waals surface area contributed by atoms with Gasteiger partial charge in [-0.2, -0.15) is 0 Å². The summed E-state index contributed by atoms with van der Waals surface area (Å²) >= 11 is 0. The number of rotatable bonds is 5. The van der Waals surface area contributed by atoms with Gasteiger partial charge in [0.05, 0.1) is 15.1 Å². The van der Waals surface area contributed by atoms with Crippen LogP contribution >= 0.6 is 0 Å². The van der Waals surface area contributed by atoms with Gasteiger partial charge in [0.25, 0.3) is 0 Å². The maximum atomic E-state index is 12.8. The van der Waals surface area contributed by atoms with Gasteiger partial charge in [0.2, 0.25) is 0 Å². The van der Waals surface area contributed by atoms with Crippen molar-refractivity contribution in [3.63, 3.8) is 0 Å². The zero-order valence-electron chi connectivity index (χ0n) is 13.6. The summed E-state index contributed by atoms with van der Waals surface area (Å²) in [5, 5.41) is 0. The van der Waals surface area contributed by atoms with E-state index in [0.29, 0.717) is 48.5 Å². The summed E-state index contributed by atoms with van der Waals surface area (Å²) in [6.45, 7) is 3.97. The van der Waals surface area contributed by atoms with E-state index in [1.54, 1.807) is 13.0 Å². The number of hydrogen-bond donors (Lipinski definition) is 0. The molecule has 112 valence electrons. The van der Waals surface area contributed by atoms with Gasteiger partial charge in [-0.05, 0) is 26.3 Å². The number of Topliss-reactive ketones (excluding diaryl/α,β-unsaturated/α-hetero) is 2. The predicted molar refractivity (Wildman–Crippen MR) is 79.6 cm³/mol. The summed E-state index contributed by atoms with van der Waals surface area (Å²) in [7, 11) is 1.48. The maximum Gasteiger partial charge on any atom is 0.200 e. The summed E-state index contributed by atoms with van der Waals surface area (Å²) in [6, 6.07) is 3.32. The van der Waals surface area contributed by atoms with E-state index < -0.39 is 0 Å². The van der Waals surface area contributed by atoms with Gasteiger partial charge >= 0.3 is 0 Å². The van der Waals surface area contributed by atoms with Crippen LogP contribution in [0.3, 0.4) is 0 Å². The first-order valence-corrected chi connectivity index (χ1v) is 7.09. The molecule has 0 saturated heterocycles. The van der Waals surface area contributed by atoms with E-state index in [2.05, 4.69) is 0 Å². The van der Waals surface area contributed by atoms with Crippen LogP contribution in [0, 0.1) is 6.92 Å². The molecule has 0 saturated carbocycles. The van der Waals surface area contributed by atoms with Gasteiger partial charge < -0.3 is 9.47 Å². The molecule has 4 heteroatoms.